The number of hydrogen-bond acceptors (Lipinski definition) is 4. The number of aromatic nitrogens is 5. The Morgan fingerprint density at radius 1 is 1.28 bits per heavy atom. The van der Waals surface area contributed by atoms with Crippen LogP contribution < -0.4 is 5.32 Å². The van der Waals surface area contributed by atoms with E-state index in [-0.39, 0.29) is 0 Å². The molecule has 0 aliphatic carbocycles. The summed E-state index contributed by atoms with van der Waals surface area (Å²) in [7, 11) is 1.92. The molecule has 0 bridgehead atoms. The third-order valence-electron chi connectivity index (χ3n) is 2.60. The van der Waals surface area contributed by atoms with Crippen molar-refractivity contribution in [2.24, 2.45) is 13.0 Å². The summed E-state index contributed by atoms with van der Waals surface area (Å²) in [5.74, 6) is 1.55. The Morgan fingerprint density at radius 2 is 2.11 bits per heavy atom. The summed E-state index contributed by atoms with van der Waals surface area (Å²) >= 11 is 0. The van der Waals surface area contributed by atoms with Gasteiger partial charge in [-0.05, 0) is 5.92 Å². The zero-order valence-corrected chi connectivity index (χ0v) is 11.2. The van der Waals surface area contributed by atoms with Crippen molar-refractivity contribution in [3.8, 4) is 0 Å². The highest BCUT2D eigenvalue weighted by Gasteiger charge is 2.05. The smallest absolute Gasteiger partial charge is 0.140 e. The van der Waals surface area contributed by atoms with Crippen LogP contribution in [0.3, 0.4) is 0 Å². The fraction of sp³-hybridized carbons (Fsp3) is 0.583. The maximum absolute atomic E-state index is 4.27. The minimum absolute atomic E-state index is 0.573. The lowest BCUT2D eigenvalue weighted by Gasteiger charge is -2.08. The van der Waals surface area contributed by atoms with Crippen LogP contribution >= 0.6 is 0 Å². The lowest BCUT2D eigenvalue weighted by Crippen LogP contribution is -2.18. The van der Waals surface area contributed by atoms with Crippen molar-refractivity contribution in [1.82, 2.24) is 29.9 Å². The van der Waals surface area contributed by atoms with E-state index in [0.29, 0.717) is 5.92 Å². The van der Waals surface area contributed by atoms with E-state index in [1.54, 1.807) is 11.0 Å². The lowest BCUT2D eigenvalue weighted by molar-refractivity contribution is 0.457. The maximum Gasteiger partial charge on any atom is 0.140 e. The van der Waals surface area contributed by atoms with E-state index in [1.165, 1.54) is 5.56 Å². The summed E-state index contributed by atoms with van der Waals surface area (Å²) in [6, 6.07) is 0. The van der Waals surface area contributed by atoms with Gasteiger partial charge in [0.25, 0.3) is 0 Å². The molecule has 2 heterocycles. The van der Waals surface area contributed by atoms with E-state index in [1.807, 2.05) is 24.1 Å². The van der Waals surface area contributed by atoms with E-state index in [4.69, 9.17) is 0 Å². The highest BCUT2D eigenvalue weighted by Crippen LogP contribution is 2.02. The molecule has 2 aromatic heterocycles. The number of nitrogens with one attached hydrogen (secondary N) is 1. The minimum atomic E-state index is 0.573. The van der Waals surface area contributed by atoms with Crippen LogP contribution in [0.15, 0.2) is 18.7 Å². The molecule has 18 heavy (non-hydrogen) atoms. The topological polar surface area (TPSA) is 60.6 Å². The molecule has 0 aromatic carbocycles. The molecule has 2 rings (SSSR count). The lowest BCUT2D eigenvalue weighted by atomic mass is 10.2. The third kappa shape index (κ3) is 3.40. The van der Waals surface area contributed by atoms with Crippen LogP contribution in [0.1, 0.15) is 25.2 Å². The second-order valence-electron chi connectivity index (χ2n) is 4.88. The fourth-order valence-electron chi connectivity index (χ4n) is 1.81. The van der Waals surface area contributed by atoms with Gasteiger partial charge in [0, 0.05) is 31.9 Å². The summed E-state index contributed by atoms with van der Waals surface area (Å²) in [6.07, 6.45) is 5.49. The van der Waals surface area contributed by atoms with Crippen LogP contribution in [0.25, 0.3) is 0 Å². The molecular formula is C12H20N6. The molecule has 0 saturated carbocycles. The Morgan fingerprint density at radius 3 is 2.78 bits per heavy atom. The molecule has 0 amide bonds. The van der Waals surface area contributed by atoms with Gasteiger partial charge in [0.15, 0.2) is 0 Å². The van der Waals surface area contributed by atoms with Crippen LogP contribution in [0, 0.1) is 5.92 Å². The SMILES string of the molecule is CC(C)Cn1ncnc1CNCc1cnn(C)c1. The van der Waals surface area contributed by atoms with E-state index in [2.05, 4.69) is 34.3 Å². The standard InChI is InChI=1S/C12H20N6/c1-10(2)7-18-12(14-9-16-18)6-13-4-11-5-15-17(3)8-11/h5,8-10,13H,4,6-7H2,1-3H3. The van der Waals surface area contributed by atoms with Gasteiger partial charge in [-0.1, -0.05) is 13.8 Å². The van der Waals surface area contributed by atoms with Crippen molar-refractivity contribution in [2.75, 3.05) is 0 Å². The molecule has 0 aliphatic heterocycles. The van der Waals surface area contributed by atoms with Gasteiger partial charge in [-0.15, -0.1) is 0 Å². The van der Waals surface area contributed by atoms with Gasteiger partial charge in [0.05, 0.1) is 12.7 Å². The van der Waals surface area contributed by atoms with E-state index in [0.717, 1.165) is 25.5 Å². The summed E-state index contributed by atoms with van der Waals surface area (Å²) in [5, 5.41) is 11.7. The van der Waals surface area contributed by atoms with Gasteiger partial charge < -0.3 is 5.32 Å². The zero-order chi connectivity index (χ0) is 13.0. The van der Waals surface area contributed by atoms with Gasteiger partial charge in [-0.25, -0.2) is 9.67 Å². The molecule has 0 aliphatic rings. The first kappa shape index (κ1) is 12.8. The fourth-order valence-corrected chi connectivity index (χ4v) is 1.81. The van der Waals surface area contributed by atoms with Gasteiger partial charge in [0.1, 0.15) is 12.2 Å². The van der Waals surface area contributed by atoms with Gasteiger partial charge in [-0.3, -0.25) is 4.68 Å². The van der Waals surface area contributed by atoms with Crippen LogP contribution in [0.4, 0.5) is 0 Å². The van der Waals surface area contributed by atoms with Crippen LogP contribution in [0.2, 0.25) is 0 Å². The van der Waals surface area contributed by atoms with Gasteiger partial charge in [0.2, 0.25) is 0 Å². The molecule has 0 radical (unpaired) electrons. The third-order valence-corrected chi connectivity index (χ3v) is 2.60. The Kier molecular flexibility index (Phi) is 4.09. The molecule has 6 heteroatoms. The molecule has 6 nitrogen and oxygen atoms in total. The summed E-state index contributed by atoms with van der Waals surface area (Å²) in [4.78, 5) is 4.27. The molecule has 1 N–H and O–H groups in total. The number of nitrogens with zero attached hydrogens (tertiary/aromatic N) is 5. The highest BCUT2D eigenvalue weighted by molar-refractivity contribution is 5.03. The largest absolute Gasteiger partial charge is 0.306 e. The molecule has 98 valence electrons. The van der Waals surface area contributed by atoms with Crippen molar-refractivity contribution >= 4 is 0 Å². The second kappa shape index (κ2) is 5.77. The Balaban J connectivity index is 1.84. The number of hydrogen-bond donors (Lipinski definition) is 1. The van der Waals surface area contributed by atoms with Crippen LogP contribution in [-0.2, 0) is 26.7 Å². The van der Waals surface area contributed by atoms with Crippen LogP contribution in [-0.4, -0.2) is 24.5 Å². The van der Waals surface area contributed by atoms with Crippen molar-refractivity contribution in [1.29, 1.82) is 0 Å². The van der Waals surface area contributed by atoms with Crippen molar-refractivity contribution in [3.05, 3.63) is 30.1 Å². The monoisotopic (exact) mass is 248 g/mol. The first-order valence-electron chi connectivity index (χ1n) is 6.20. The Bertz CT molecular complexity index is 484. The van der Waals surface area contributed by atoms with Crippen molar-refractivity contribution in [2.45, 2.75) is 33.5 Å². The Labute approximate surface area is 107 Å². The molecule has 0 unspecified atom stereocenters. The predicted octanol–water partition coefficient (Wildman–Crippen LogP) is 0.957. The average molecular weight is 248 g/mol. The van der Waals surface area contributed by atoms with Gasteiger partial charge in [-0.2, -0.15) is 10.2 Å². The number of rotatable bonds is 6. The Hall–Kier alpha value is -1.69. The average Bonchev–Trinajstić information content (AvgIpc) is 2.88. The number of aryl methyl sites for hydroxylation is 1. The van der Waals surface area contributed by atoms with Crippen LogP contribution in [0.5, 0.6) is 0 Å². The molecular weight excluding hydrogens is 228 g/mol. The maximum atomic E-state index is 4.27. The molecule has 0 spiro atoms. The van der Waals surface area contributed by atoms with E-state index < -0.39 is 0 Å². The van der Waals surface area contributed by atoms with Gasteiger partial charge >= 0.3 is 0 Å². The predicted molar refractivity (Wildman–Crippen MR) is 68.6 cm³/mol. The summed E-state index contributed by atoms with van der Waals surface area (Å²) in [5.41, 5.74) is 1.17. The molecule has 2 aromatic rings. The zero-order valence-electron chi connectivity index (χ0n) is 11.2. The summed E-state index contributed by atoms with van der Waals surface area (Å²) in [6.45, 7) is 6.77. The van der Waals surface area contributed by atoms with E-state index >= 15 is 0 Å². The molecule has 0 atom stereocenters. The normalized spacial score (nSPS) is 11.3. The first-order chi connectivity index (χ1) is 8.65. The quantitative estimate of drug-likeness (QED) is 0.827. The second-order valence-corrected chi connectivity index (χ2v) is 4.88. The van der Waals surface area contributed by atoms with E-state index in [9.17, 15) is 0 Å². The molecule has 0 saturated heterocycles. The minimum Gasteiger partial charge on any atom is -0.306 e. The first-order valence-corrected chi connectivity index (χ1v) is 6.20. The highest BCUT2D eigenvalue weighted by atomic mass is 15.3. The molecule has 0 fully saturated rings. The van der Waals surface area contributed by atoms with Crippen molar-refractivity contribution < 1.29 is 0 Å². The summed E-state index contributed by atoms with van der Waals surface area (Å²) < 4.78 is 3.76. The van der Waals surface area contributed by atoms with Crippen molar-refractivity contribution in [3.63, 3.8) is 0 Å².